The molecule has 0 saturated carbocycles. The Hall–Kier alpha value is -1.30. The van der Waals surface area contributed by atoms with Gasteiger partial charge in [0, 0.05) is 10.9 Å². The molecule has 3 nitrogen and oxygen atoms in total. The van der Waals surface area contributed by atoms with Crippen LogP contribution in [0, 0.1) is 5.41 Å². The SMILES string of the molecule is CCOC(=O)C(Cc1ccc(Br)cc1)(C(C)=O)C(F)F. The van der Waals surface area contributed by atoms with Crippen molar-refractivity contribution in [2.75, 3.05) is 6.61 Å². The molecule has 0 aliphatic carbocycles. The van der Waals surface area contributed by atoms with Crippen LogP contribution in [-0.4, -0.2) is 24.8 Å². The van der Waals surface area contributed by atoms with Crippen LogP contribution in [0.2, 0.25) is 0 Å². The Morgan fingerprint density at radius 1 is 1.30 bits per heavy atom. The minimum absolute atomic E-state index is 0.0546. The van der Waals surface area contributed by atoms with Gasteiger partial charge in [-0.1, -0.05) is 28.1 Å². The number of hydrogen-bond acceptors (Lipinski definition) is 3. The first-order chi connectivity index (χ1) is 9.34. The van der Waals surface area contributed by atoms with Gasteiger partial charge in [-0.25, -0.2) is 8.78 Å². The highest BCUT2D eigenvalue weighted by atomic mass is 79.9. The van der Waals surface area contributed by atoms with Crippen molar-refractivity contribution in [2.45, 2.75) is 26.7 Å². The molecule has 0 bridgehead atoms. The van der Waals surface area contributed by atoms with E-state index in [4.69, 9.17) is 0 Å². The molecule has 1 unspecified atom stereocenters. The van der Waals surface area contributed by atoms with Gasteiger partial charge >= 0.3 is 5.97 Å². The Morgan fingerprint density at radius 2 is 1.85 bits per heavy atom. The van der Waals surface area contributed by atoms with Gasteiger partial charge in [0.05, 0.1) is 6.61 Å². The average molecular weight is 349 g/mol. The van der Waals surface area contributed by atoms with E-state index in [1.807, 2.05) is 0 Å². The van der Waals surface area contributed by atoms with Crippen molar-refractivity contribution in [3.63, 3.8) is 0 Å². The zero-order valence-corrected chi connectivity index (χ0v) is 12.7. The Kier molecular flexibility index (Phi) is 5.80. The lowest BCUT2D eigenvalue weighted by molar-refractivity contribution is -0.170. The molecule has 1 aromatic carbocycles. The molecule has 0 aliphatic rings. The summed E-state index contributed by atoms with van der Waals surface area (Å²) in [5.74, 6) is -2.07. The van der Waals surface area contributed by atoms with E-state index >= 15 is 0 Å². The smallest absolute Gasteiger partial charge is 0.325 e. The Balaban J connectivity index is 3.19. The quantitative estimate of drug-likeness (QED) is 0.584. The molecule has 0 amide bonds. The maximum Gasteiger partial charge on any atom is 0.325 e. The van der Waals surface area contributed by atoms with Gasteiger partial charge in [-0.05, 0) is 31.5 Å². The number of halogens is 3. The van der Waals surface area contributed by atoms with Gasteiger partial charge in [0.2, 0.25) is 0 Å². The Bertz CT molecular complexity index is 488. The second-order valence-corrected chi connectivity index (χ2v) is 5.27. The molecule has 0 aliphatic heterocycles. The fourth-order valence-electron chi connectivity index (χ4n) is 1.84. The summed E-state index contributed by atoms with van der Waals surface area (Å²) in [7, 11) is 0. The van der Waals surface area contributed by atoms with E-state index < -0.39 is 23.6 Å². The molecule has 0 heterocycles. The van der Waals surface area contributed by atoms with E-state index in [1.54, 1.807) is 24.3 Å². The number of benzene rings is 1. The second-order valence-electron chi connectivity index (χ2n) is 4.35. The first-order valence-corrected chi connectivity index (χ1v) is 6.84. The highest BCUT2D eigenvalue weighted by Gasteiger charge is 2.53. The number of carbonyl (C=O) groups is 2. The molecule has 0 N–H and O–H groups in total. The molecule has 1 atom stereocenters. The summed E-state index contributed by atoms with van der Waals surface area (Å²) in [6, 6.07) is 6.50. The fourth-order valence-corrected chi connectivity index (χ4v) is 2.11. The molecule has 6 heteroatoms. The summed E-state index contributed by atoms with van der Waals surface area (Å²) in [5, 5.41) is 0. The Labute approximate surface area is 124 Å². The van der Waals surface area contributed by atoms with Crippen molar-refractivity contribution in [3.05, 3.63) is 34.3 Å². The molecule has 0 aromatic heterocycles. The molecular weight excluding hydrogens is 334 g/mol. The number of alkyl halides is 2. The van der Waals surface area contributed by atoms with E-state index in [1.165, 1.54) is 6.92 Å². The molecule has 110 valence electrons. The minimum Gasteiger partial charge on any atom is -0.465 e. The molecule has 20 heavy (non-hydrogen) atoms. The van der Waals surface area contributed by atoms with Crippen molar-refractivity contribution in [1.29, 1.82) is 0 Å². The van der Waals surface area contributed by atoms with Gasteiger partial charge in [0.25, 0.3) is 6.43 Å². The van der Waals surface area contributed by atoms with Crippen LogP contribution in [0.3, 0.4) is 0 Å². The number of ether oxygens (including phenoxy) is 1. The van der Waals surface area contributed by atoms with Crippen LogP contribution in [0.4, 0.5) is 8.78 Å². The summed E-state index contributed by atoms with van der Waals surface area (Å²) < 4.78 is 32.3. The molecule has 1 rings (SSSR count). The van der Waals surface area contributed by atoms with Crippen LogP contribution in [-0.2, 0) is 20.7 Å². The van der Waals surface area contributed by atoms with E-state index in [2.05, 4.69) is 20.7 Å². The first-order valence-electron chi connectivity index (χ1n) is 6.05. The summed E-state index contributed by atoms with van der Waals surface area (Å²) in [6.45, 7) is 2.44. The van der Waals surface area contributed by atoms with Gasteiger partial charge < -0.3 is 4.74 Å². The summed E-state index contributed by atoms with van der Waals surface area (Å²) in [4.78, 5) is 23.6. The lowest BCUT2D eigenvalue weighted by atomic mass is 9.78. The van der Waals surface area contributed by atoms with Gasteiger partial charge in [-0.3, -0.25) is 9.59 Å². The number of hydrogen-bond donors (Lipinski definition) is 0. The fraction of sp³-hybridized carbons (Fsp3) is 0.429. The maximum atomic E-state index is 13.4. The third-order valence-electron chi connectivity index (χ3n) is 3.04. The zero-order chi connectivity index (χ0) is 15.3. The number of ketones is 1. The second kappa shape index (κ2) is 6.92. The summed E-state index contributed by atoms with van der Waals surface area (Å²) in [6.07, 6.45) is -3.51. The van der Waals surface area contributed by atoms with Crippen molar-refractivity contribution >= 4 is 27.7 Å². The lowest BCUT2D eigenvalue weighted by Gasteiger charge is -2.28. The Morgan fingerprint density at radius 3 is 2.25 bits per heavy atom. The monoisotopic (exact) mass is 348 g/mol. The van der Waals surface area contributed by atoms with Gasteiger partial charge in [-0.2, -0.15) is 0 Å². The first kappa shape index (κ1) is 16.8. The molecule has 1 aromatic rings. The molecular formula is C14H15BrF2O3. The average Bonchev–Trinajstić information content (AvgIpc) is 2.37. The normalized spacial score (nSPS) is 13.9. The van der Waals surface area contributed by atoms with E-state index in [9.17, 15) is 18.4 Å². The van der Waals surface area contributed by atoms with E-state index in [0.29, 0.717) is 5.56 Å². The highest BCUT2D eigenvalue weighted by Crippen LogP contribution is 2.34. The number of carbonyl (C=O) groups excluding carboxylic acids is 2. The van der Waals surface area contributed by atoms with Crippen LogP contribution in [0.15, 0.2) is 28.7 Å². The highest BCUT2D eigenvalue weighted by molar-refractivity contribution is 9.10. The van der Waals surface area contributed by atoms with Gasteiger partial charge in [0.15, 0.2) is 11.2 Å². The molecule has 0 radical (unpaired) electrons. The summed E-state index contributed by atoms with van der Waals surface area (Å²) >= 11 is 3.23. The minimum atomic E-state index is -3.12. The number of Topliss-reactive ketones (excluding diaryl/α,β-unsaturated/α-hetero) is 1. The van der Waals surface area contributed by atoms with E-state index in [0.717, 1.165) is 11.4 Å². The third-order valence-corrected chi connectivity index (χ3v) is 3.57. The van der Waals surface area contributed by atoms with Crippen LogP contribution >= 0.6 is 15.9 Å². The standard InChI is InChI=1S/C14H15BrF2O3/c1-3-20-13(19)14(9(2)18,12(16)17)8-10-4-6-11(15)7-5-10/h4-7,12H,3,8H2,1-2H3. The lowest BCUT2D eigenvalue weighted by Crippen LogP contribution is -2.47. The van der Waals surface area contributed by atoms with Crippen LogP contribution in [0.25, 0.3) is 0 Å². The molecule has 0 saturated heterocycles. The number of rotatable bonds is 6. The van der Waals surface area contributed by atoms with Crippen LogP contribution in [0.5, 0.6) is 0 Å². The van der Waals surface area contributed by atoms with Crippen LogP contribution in [0.1, 0.15) is 19.4 Å². The van der Waals surface area contributed by atoms with Gasteiger partial charge in [-0.15, -0.1) is 0 Å². The predicted molar refractivity (Wildman–Crippen MR) is 73.6 cm³/mol. The predicted octanol–water partition coefficient (Wildman–Crippen LogP) is 3.40. The third kappa shape index (κ3) is 3.42. The van der Waals surface area contributed by atoms with Crippen molar-refractivity contribution in [3.8, 4) is 0 Å². The molecule has 0 fully saturated rings. The topological polar surface area (TPSA) is 43.4 Å². The largest absolute Gasteiger partial charge is 0.465 e. The van der Waals surface area contributed by atoms with Crippen molar-refractivity contribution < 1.29 is 23.1 Å². The maximum absolute atomic E-state index is 13.4. The van der Waals surface area contributed by atoms with E-state index in [-0.39, 0.29) is 13.0 Å². The number of esters is 1. The van der Waals surface area contributed by atoms with Crippen molar-refractivity contribution in [2.24, 2.45) is 5.41 Å². The summed E-state index contributed by atoms with van der Waals surface area (Å²) in [5.41, 5.74) is -1.97. The van der Waals surface area contributed by atoms with Gasteiger partial charge in [0.1, 0.15) is 0 Å². The van der Waals surface area contributed by atoms with Crippen LogP contribution < -0.4 is 0 Å². The van der Waals surface area contributed by atoms with Crippen molar-refractivity contribution in [1.82, 2.24) is 0 Å². The molecule has 0 spiro atoms. The zero-order valence-electron chi connectivity index (χ0n) is 11.2.